The molecule has 0 saturated heterocycles. The summed E-state index contributed by atoms with van der Waals surface area (Å²) in [6, 6.07) is 8.53. The quantitative estimate of drug-likeness (QED) is 0.907. The van der Waals surface area contributed by atoms with E-state index in [0.29, 0.717) is 12.6 Å². The van der Waals surface area contributed by atoms with Crippen molar-refractivity contribution in [2.45, 2.75) is 31.2 Å². The van der Waals surface area contributed by atoms with E-state index < -0.39 is 0 Å². The molecular formula is C14H20N2OS. The minimum Gasteiger partial charge on any atom is -0.309 e. The van der Waals surface area contributed by atoms with Crippen LogP contribution in [0.2, 0.25) is 0 Å². The predicted molar refractivity (Wildman–Crippen MR) is 77.3 cm³/mol. The van der Waals surface area contributed by atoms with Crippen LogP contribution in [-0.4, -0.2) is 30.8 Å². The first kappa shape index (κ1) is 13.4. The largest absolute Gasteiger partial charge is 0.309 e. The highest BCUT2D eigenvalue weighted by Crippen LogP contribution is 2.34. The van der Waals surface area contributed by atoms with Crippen LogP contribution in [0.15, 0.2) is 29.2 Å². The molecule has 1 unspecified atom stereocenters. The van der Waals surface area contributed by atoms with Crippen molar-refractivity contribution in [3.8, 4) is 0 Å². The van der Waals surface area contributed by atoms with Crippen LogP contribution >= 0.6 is 11.8 Å². The van der Waals surface area contributed by atoms with Gasteiger partial charge in [-0.25, -0.2) is 0 Å². The highest BCUT2D eigenvalue weighted by molar-refractivity contribution is 7.99. The summed E-state index contributed by atoms with van der Waals surface area (Å²) in [5, 5.41) is 3.26. The Morgan fingerprint density at radius 2 is 2.28 bits per heavy atom. The number of anilines is 1. The van der Waals surface area contributed by atoms with Gasteiger partial charge in [-0.05, 0) is 25.5 Å². The number of nitrogens with one attached hydrogen (secondary N) is 1. The minimum atomic E-state index is 0.169. The monoisotopic (exact) mass is 264 g/mol. The number of thioether (sulfide) groups is 1. The Balaban J connectivity index is 2.04. The van der Waals surface area contributed by atoms with Crippen LogP contribution < -0.4 is 10.2 Å². The number of rotatable bonds is 4. The molecule has 0 bridgehead atoms. The number of para-hydroxylation sites is 1. The van der Waals surface area contributed by atoms with Crippen LogP contribution in [0.25, 0.3) is 0 Å². The lowest BCUT2D eigenvalue weighted by Gasteiger charge is -2.29. The molecule has 3 nitrogen and oxygen atoms in total. The van der Waals surface area contributed by atoms with E-state index in [0.717, 1.165) is 24.4 Å². The molecule has 4 heteroatoms. The summed E-state index contributed by atoms with van der Waals surface area (Å²) in [6.07, 6.45) is 1.04. The molecule has 1 heterocycles. The number of carbonyl (C=O) groups excluding carboxylic acids is 1. The molecule has 1 N–H and O–H groups in total. The molecule has 1 aliphatic rings. The number of nitrogens with zero attached hydrogens (tertiary/aromatic N) is 1. The van der Waals surface area contributed by atoms with Crippen LogP contribution in [0, 0.1) is 0 Å². The maximum atomic E-state index is 12.2. The Bertz CT molecular complexity index is 422. The lowest BCUT2D eigenvalue weighted by Crippen LogP contribution is -2.43. The van der Waals surface area contributed by atoms with Gasteiger partial charge in [0.1, 0.15) is 0 Å². The van der Waals surface area contributed by atoms with E-state index in [2.05, 4.69) is 25.2 Å². The Morgan fingerprint density at radius 3 is 3.06 bits per heavy atom. The Labute approximate surface area is 113 Å². The third-order valence-corrected chi connectivity index (χ3v) is 4.29. The van der Waals surface area contributed by atoms with E-state index in [1.54, 1.807) is 0 Å². The molecule has 1 amide bonds. The second-order valence-corrected chi connectivity index (χ2v) is 5.69. The van der Waals surface area contributed by atoms with E-state index in [9.17, 15) is 4.79 Å². The number of carbonyl (C=O) groups is 1. The second kappa shape index (κ2) is 6.25. The van der Waals surface area contributed by atoms with Crippen molar-refractivity contribution in [3.63, 3.8) is 0 Å². The molecule has 0 aromatic heterocycles. The van der Waals surface area contributed by atoms with Gasteiger partial charge in [0.25, 0.3) is 0 Å². The first-order valence-corrected chi connectivity index (χ1v) is 7.46. The molecule has 0 saturated carbocycles. The summed E-state index contributed by atoms with van der Waals surface area (Å²) < 4.78 is 0. The fraction of sp³-hybridized carbons (Fsp3) is 0.500. The fourth-order valence-electron chi connectivity index (χ4n) is 1.93. The van der Waals surface area contributed by atoms with E-state index in [4.69, 9.17) is 0 Å². The number of fused-ring (bicyclic) bond motifs is 1. The third-order valence-electron chi connectivity index (χ3n) is 3.24. The van der Waals surface area contributed by atoms with Crippen LogP contribution in [0.4, 0.5) is 5.69 Å². The normalized spacial score (nSPS) is 16.2. The average molecular weight is 264 g/mol. The Hall–Kier alpha value is -1.00. The van der Waals surface area contributed by atoms with Gasteiger partial charge in [-0.3, -0.25) is 4.79 Å². The van der Waals surface area contributed by atoms with E-state index in [1.165, 1.54) is 4.90 Å². The molecule has 1 aliphatic heterocycles. The van der Waals surface area contributed by atoms with Crippen LogP contribution in [0.5, 0.6) is 0 Å². The van der Waals surface area contributed by atoms with E-state index >= 15 is 0 Å². The zero-order valence-corrected chi connectivity index (χ0v) is 11.8. The van der Waals surface area contributed by atoms with Gasteiger partial charge in [0.2, 0.25) is 5.91 Å². The maximum absolute atomic E-state index is 12.2. The summed E-state index contributed by atoms with van der Waals surface area (Å²) in [6.45, 7) is 5.46. The van der Waals surface area contributed by atoms with Crippen molar-refractivity contribution in [2.75, 3.05) is 23.7 Å². The first-order valence-electron chi connectivity index (χ1n) is 6.48. The molecule has 1 aromatic carbocycles. The zero-order chi connectivity index (χ0) is 13.0. The van der Waals surface area contributed by atoms with E-state index in [-0.39, 0.29) is 5.91 Å². The first-order chi connectivity index (χ1) is 8.72. The molecule has 0 fully saturated rings. The minimum absolute atomic E-state index is 0.169. The van der Waals surface area contributed by atoms with Gasteiger partial charge in [0.05, 0.1) is 12.2 Å². The molecule has 0 aliphatic carbocycles. The highest BCUT2D eigenvalue weighted by Gasteiger charge is 2.22. The molecular weight excluding hydrogens is 244 g/mol. The molecule has 1 aromatic rings. The molecule has 0 spiro atoms. The summed E-state index contributed by atoms with van der Waals surface area (Å²) in [4.78, 5) is 15.3. The van der Waals surface area contributed by atoms with Crippen molar-refractivity contribution >= 4 is 23.4 Å². The maximum Gasteiger partial charge on any atom is 0.241 e. The Morgan fingerprint density at radius 1 is 1.50 bits per heavy atom. The summed E-state index contributed by atoms with van der Waals surface area (Å²) in [7, 11) is 0. The van der Waals surface area contributed by atoms with Gasteiger partial charge in [-0.2, -0.15) is 0 Å². The van der Waals surface area contributed by atoms with Crippen molar-refractivity contribution in [3.05, 3.63) is 24.3 Å². The lowest BCUT2D eigenvalue weighted by molar-refractivity contribution is -0.117. The number of amides is 1. The average Bonchev–Trinajstić information content (AvgIpc) is 2.43. The van der Waals surface area contributed by atoms with Crippen molar-refractivity contribution in [1.29, 1.82) is 0 Å². The lowest BCUT2D eigenvalue weighted by atomic mass is 10.2. The predicted octanol–water partition coefficient (Wildman–Crippen LogP) is 2.51. The van der Waals surface area contributed by atoms with Crippen molar-refractivity contribution < 1.29 is 4.79 Å². The van der Waals surface area contributed by atoms with Crippen molar-refractivity contribution in [1.82, 2.24) is 5.32 Å². The molecule has 98 valence electrons. The molecule has 2 rings (SSSR count). The van der Waals surface area contributed by atoms with Gasteiger partial charge in [-0.1, -0.05) is 19.1 Å². The summed E-state index contributed by atoms with van der Waals surface area (Å²) in [5.74, 6) is 1.15. The zero-order valence-electron chi connectivity index (χ0n) is 11.0. The standard InChI is InChI=1S/C14H20N2OS/c1-3-11(2)15-10-14(17)16-8-9-18-13-7-5-4-6-12(13)16/h4-7,11,15H,3,8-10H2,1-2H3. The van der Waals surface area contributed by atoms with Crippen molar-refractivity contribution in [2.24, 2.45) is 0 Å². The molecule has 18 heavy (non-hydrogen) atoms. The van der Waals surface area contributed by atoms with Crippen LogP contribution in [-0.2, 0) is 4.79 Å². The molecule has 1 atom stereocenters. The van der Waals surface area contributed by atoms with Gasteiger partial charge >= 0.3 is 0 Å². The number of benzene rings is 1. The number of hydrogen-bond acceptors (Lipinski definition) is 3. The fourth-order valence-corrected chi connectivity index (χ4v) is 2.92. The Kier molecular flexibility index (Phi) is 4.66. The van der Waals surface area contributed by atoms with Crippen LogP contribution in [0.3, 0.4) is 0 Å². The smallest absolute Gasteiger partial charge is 0.241 e. The van der Waals surface area contributed by atoms with E-state index in [1.807, 2.05) is 34.9 Å². The molecule has 0 radical (unpaired) electrons. The van der Waals surface area contributed by atoms with Gasteiger partial charge in [-0.15, -0.1) is 11.8 Å². The third kappa shape index (κ3) is 3.06. The second-order valence-electron chi connectivity index (χ2n) is 4.55. The van der Waals surface area contributed by atoms with Gasteiger partial charge in [0, 0.05) is 23.2 Å². The summed E-state index contributed by atoms with van der Waals surface area (Å²) in [5.41, 5.74) is 1.06. The SMILES string of the molecule is CCC(C)NCC(=O)N1CCSc2ccccc21. The topological polar surface area (TPSA) is 32.3 Å². The number of hydrogen-bond donors (Lipinski definition) is 1. The van der Waals surface area contributed by atoms with Gasteiger partial charge in [0.15, 0.2) is 0 Å². The highest BCUT2D eigenvalue weighted by atomic mass is 32.2. The summed E-state index contributed by atoms with van der Waals surface area (Å²) >= 11 is 1.82. The van der Waals surface area contributed by atoms with Crippen LogP contribution in [0.1, 0.15) is 20.3 Å². The van der Waals surface area contributed by atoms with Gasteiger partial charge < -0.3 is 10.2 Å².